The minimum Gasteiger partial charge on any atom is -0.351 e. The van der Waals surface area contributed by atoms with Crippen LogP contribution in [0.5, 0.6) is 0 Å². The van der Waals surface area contributed by atoms with Crippen molar-refractivity contribution in [3.8, 4) is 0 Å². The average molecular weight is 379 g/mol. The van der Waals surface area contributed by atoms with E-state index in [9.17, 15) is 22.8 Å². The second-order valence-corrected chi connectivity index (χ2v) is 6.27. The van der Waals surface area contributed by atoms with Crippen LogP contribution in [0.3, 0.4) is 0 Å². The van der Waals surface area contributed by atoms with Gasteiger partial charge in [0.15, 0.2) is 0 Å². The molecule has 0 fully saturated rings. The molecule has 9 heteroatoms. The quantitative estimate of drug-likeness (QED) is 0.873. The van der Waals surface area contributed by atoms with Gasteiger partial charge in [0.1, 0.15) is 17.7 Å². The van der Waals surface area contributed by atoms with Gasteiger partial charge in [-0.2, -0.15) is 13.2 Å². The number of nitrogens with one attached hydrogen (secondary N) is 1. The van der Waals surface area contributed by atoms with Crippen LogP contribution in [0.15, 0.2) is 41.3 Å². The van der Waals surface area contributed by atoms with E-state index >= 15 is 0 Å². The normalized spacial score (nSPS) is 14.5. The van der Waals surface area contributed by atoms with Gasteiger partial charge >= 0.3 is 6.18 Å². The Morgan fingerprint density at radius 2 is 1.88 bits per heavy atom. The van der Waals surface area contributed by atoms with E-state index in [-0.39, 0.29) is 33.1 Å². The molecule has 0 spiro atoms. The van der Waals surface area contributed by atoms with Crippen LogP contribution in [0, 0.1) is 6.92 Å². The van der Waals surface area contributed by atoms with Crippen LogP contribution in [0.1, 0.15) is 32.0 Å². The highest BCUT2D eigenvalue weighted by molar-refractivity contribution is 8.03. The first-order valence-corrected chi connectivity index (χ1v) is 8.59. The lowest BCUT2D eigenvalue weighted by Crippen LogP contribution is -2.26. The van der Waals surface area contributed by atoms with Gasteiger partial charge in [-0.1, -0.05) is 6.07 Å². The van der Waals surface area contributed by atoms with Crippen LogP contribution < -0.4 is 5.32 Å². The molecule has 0 aliphatic heterocycles. The fourth-order valence-electron chi connectivity index (χ4n) is 2.66. The molecule has 1 aromatic heterocycles. The molecule has 2 aromatic rings. The summed E-state index contributed by atoms with van der Waals surface area (Å²) in [4.78, 5) is 33.0. The number of alkyl halides is 3. The molecule has 134 valence electrons. The number of thioether (sulfide) groups is 1. The maximum Gasteiger partial charge on any atom is 0.416 e. The van der Waals surface area contributed by atoms with Gasteiger partial charge < -0.3 is 5.32 Å². The van der Waals surface area contributed by atoms with Crippen molar-refractivity contribution in [2.24, 2.45) is 0 Å². The second kappa shape index (κ2) is 6.56. The number of benzene rings is 1. The molecule has 0 bridgehead atoms. The highest BCUT2D eigenvalue weighted by Gasteiger charge is 2.35. The van der Waals surface area contributed by atoms with Crippen molar-refractivity contribution >= 4 is 29.0 Å². The first kappa shape index (κ1) is 18.1. The molecule has 1 aliphatic carbocycles. The number of ketones is 2. The molecule has 0 saturated carbocycles. The van der Waals surface area contributed by atoms with Gasteiger partial charge in [-0.3, -0.25) is 9.59 Å². The molecule has 1 N–H and O–H groups in total. The van der Waals surface area contributed by atoms with Crippen molar-refractivity contribution < 1.29 is 22.8 Å². The number of halogens is 3. The van der Waals surface area contributed by atoms with E-state index in [1.54, 1.807) is 6.26 Å². The predicted octanol–water partition coefficient (Wildman–Crippen LogP) is 3.87. The topological polar surface area (TPSA) is 72.0 Å². The summed E-state index contributed by atoms with van der Waals surface area (Å²) in [6.45, 7) is 1.30. The summed E-state index contributed by atoms with van der Waals surface area (Å²) in [5.74, 6) is -1.01. The Hall–Kier alpha value is -2.68. The Balaban J connectivity index is 2.10. The highest BCUT2D eigenvalue weighted by Crippen LogP contribution is 2.36. The summed E-state index contributed by atoms with van der Waals surface area (Å²) in [6.07, 6.45) is -0.531. The number of Topliss-reactive ketones (excluding diaryl/α,β-unsaturated/α-hetero) is 2. The number of carbonyl (C=O) groups is 2. The first-order chi connectivity index (χ1) is 12.3. The van der Waals surface area contributed by atoms with E-state index < -0.39 is 23.3 Å². The van der Waals surface area contributed by atoms with Gasteiger partial charge in [-0.25, -0.2) is 9.97 Å². The van der Waals surface area contributed by atoms with E-state index in [0.29, 0.717) is 0 Å². The van der Waals surface area contributed by atoms with Gasteiger partial charge in [0.2, 0.25) is 11.6 Å². The molecule has 0 saturated heterocycles. The Labute approximate surface area is 150 Å². The molecular weight excluding hydrogens is 367 g/mol. The second-order valence-electron chi connectivity index (χ2n) is 5.45. The number of aromatic nitrogens is 2. The highest BCUT2D eigenvalue weighted by atomic mass is 32.2. The third kappa shape index (κ3) is 2.98. The van der Waals surface area contributed by atoms with Crippen molar-refractivity contribution in [1.82, 2.24) is 9.97 Å². The third-order valence-electron chi connectivity index (χ3n) is 3.94. The molecule has 0 unspecified atom stereocenters. The van der Waals surface area contributed by atoms with Gasteiger partial charge in [-0.15, -0.1) is 11.8 Å². The molecule has 0 amide bonds. The van der Waals surface area contributed by atoms with E-state index in [4.69, 9.17) is 0 Å². The average Bonchev–Trinajstić information content (AvgIpc) is 2.60. The third-order valence-corrected chi connectivity index (χ3v) is 4.73. The van der Waals surface area contributed by atoms with Crippen molar-refractivity contribution in [1.29, 1.82) is 0 Å². The zero-order valence-corrected chi connectivity index (χ0v) is 14.5. The lowest BCUT2D eigenvalue weighted by Gasteiger charge is -2.21. The van der Waals surface area contributed by atoms with Crippen LogP contribution in [0.25, 0.3) is 0 Å². The van der Waals surface area contributed by atoms with Gasteiger partial charge in [0.25, 0.3) is 0 Å². The minimum absolute atomic E-state index is 0.0133. The molecule has 1 heterocycles. The molecular formula is C17H12F3N3O2S. The van der Waals surface area contributed by atoms with E-state index in [0.717, 1.165) is 24.2 Å². The number of nitrogens with zero attached hydrogens (tertiary/aromatic N) is 2. The molecule has 1 aromatic carbocycles. The molecule has 0 radical (unpaired) electrons. The van der Waals surface area contributed by atoms with Crippen LogP contribution in [0.4, 0.5) is 18.9 Å². The zero-order valence-electron chi connectivity index (χ0n) is 13.6. The van der Waals surface area contributed by atoms with E-state index in [1.807, 2.05) is 0 Å². The summed E-state index contributed by atoms with van der Waals surface area (Å²) in [5.41, 5.74) is -0.853. The fraction of sp³-hybridized carbons (Fsp3) is 0.176. The number of allylic oxidation sites excluding steroid dienone is 2. The van der Waals surface area contributed by atoms with Crippen LogP contribution in [-0.2, 0) is 6.18 Å². The summed E-state index contributed by atoms with van der Waals surface area (Å²) in [5, 5.41) is 2.72. The number of fused-ring (bicyclic) bond motifs is 1. The lowest BCUT2D eigenvalue weighted by atomic mass is 9.97. The van der Waals surface area contributed by atoms with Crippen LogP contribution >= 0.6 is 11.8 Å². The maximum absolute atomic E-state index is 13.1. The number of hydrogen-bond acceptors (Lipinski definition) is 6. The van der Waals surface area contributed by atoms with Crippen molar-refractivity contribution in [3.63, 3.8) is 0 Å². The van der Waals surface area contributed by atoms with Gasteiger partial charge in [0, 0.05) is 11.9 Å². The maximum atomic E-state index is 13.1. The molecule has 26 heavy (non-hydrogen) atoms. The smallest absolute Gasteiger partial charge is 0.351 e. The van der Waals surface area contributed by atoms with Gasteiger partial charge in [0.05, 0.1) is 16.0 Å². The molecule has 0 atom stereocenters. The Bertz CT molecular complexity index is 955. The summed E-state index contributed by atoms with van der Waals surface area (Å²) < 4.78 is 39.3. The van der Waals surface area contributed by atoms with Crippen LogP contribution in [-0.4, -0.2) is 27.8 Å². The van der Waals surface area contributed by atoms with Crippen molar-refractivity contribution in [2.45, 2.75) is 13.1 Å². The zero-order chi connectivity index (χ0) is 19.1. The number of hydrogen-bond donors (Lipinski definition) is 1. The summed E-state index contributed by atoms with van der Waals surface area (Å²) >= 11 is 1.03. The van der Waals surface area contributed by atoms with Crippen LogP contribution in [0.2, 0.25) is 0 Å². The predicted molar refractivity (Wildman–Crippen MR) is 91.0 cm³/mol. The van der Waals surface area contributed by atoms with Gasteiger partial charge in [-0.05, 0) is 30.9 Å². The van der Waals surface area contributed by atoms with E-state index in [2.05, 4.69) is 15.3 Å². The Morgan fingerprint density at radius 1 is 1.15 bits per heavy atom. The van der Waals surface area contributed by atoms with E-state index in [1.165, 1.54) is 25.3 Å². The Kier molecular flexibility index (Phi) is 4.57. The summed E-state index contributed by atoms with van der Waals surface area (Å²) in [6, 6.07) is 3.62. The number of carbonyl (C=O) groups excluding carboxylic acids is 2. The molecule has 5 nitrogen and oxygen atoms in total. The van der Waals surface area contributed by atoms with Crippen molar-refractivity contribution in [3.05, 3.63) is 63.7 Å². The molecule has 3 rings (SSSR count). The largest absolute Gasteiger partial charge is 0.416 e. The standard InChI is InChI=1S/C17H12F3N3O2S/c1-8-10(17(18,19)20)4-3-5-11(8)23-13-14(24)9-6-21-7-22-12(9)15(25)16(13)26-2/h3-7,23H,1-2H3. The SMILES string of the molecule is CSC1=C(Nc2cccc(C(F)(F)F)c2C)C(=O)c2cncnc2C1=O. The lowest BCUT2D eigenvalue weighted by molar-refractivity contribution is -0.138. The number of rotatable bonds is 3. The number of anilines is 1. The minimum atomic E-state index is -4.52. The Morgan fingerprint density at radius 3 is 2.54 bits per heavy atom. The first-order valence-electron chi connectivity index (χ1n) is 7.37. The molecule has 1 aliphatic rings. The monoisotopic (exact) mass is 379 g/mol. The fourth-order valence-corrected chi connectivity index (χ4v) is 3.29. The summed E-state index contributed by atoms with van der Waals surface area (Å²) in [7, 11) is 0. The van der Waals surface area contributed by atoms with Crippen molar-refractivity contribution in [2.75, 3.05) is 11.6 Å².